The van der Waals surface area contributed by atoms with Gasteiger partial charge in [0.1, 0.15) is 0 Å². The van der Waals surface area contributed by atoms with Crippen molar-refractivity contribution in [2.24, 2.45) is 0 Å². The highest BCUT2D eigenvalue weighted by molar-refractivity contribution is 5.25. The van der Waals surface area contributed by atoms with E-state index in [-0.39, 0.29) is 0 Å². The Morgan fingerprint density at radius 3 is 3.28 bits per heavy atom. The third kappa shape index (κ3) is 2.41. The van der Waals surface area contributed by atoms with Crippen LogP contribution >= 0.6 is 0 Å². The van der Waals surface area contributed by atoms with Crippen molar-refractivity contribution in [3.63, 3.8) is 0 Å². The summed E-state index contributed by atoms with van der Waals surface area (Å²) in [5, 5.41) is 7.12. The molecule has 2 heterocycles. The van der Waals surface area contributed by atoms with E-state index in [9.17, 15) is 0 Å². The first kappa shape index (κ1) is 11.3. The number of fused-ring (bicyclic) bond motifs is 1. The molecule has 5 nitrogen and oxygen atoms in total. The number of aromatic nitrogens is 3. The van der Waals surface area contributed by atoms with Crippen LogP contribution < -0.4 is 5.32 Å². The second-order valence-electron chi connectivity index (χ2n) is 4.53. The van der Waals surface area contributed by atoms with E-state index in [1.807, 2.05) is 12.3 Å². The number of hydrogen-bond donors (Lipinski definition) is 1. The number of pyridine rings is 1. The fourth-order valence-electron chi connectivity index (χ4n) is 2.47. The Kier molecular flexibility index (Phi) is 3.32. The van der Waals surface area contributed by atoms with Crippen molar-refractivity contribution in [3.05, 3.63) is 41.8 Å². The van der Waals surface area contributed by atoms with Crippen LogP contribution in [-0.2, 0) is 12.8 Å². The third-order valence-electron chi connectivity index (χ3n) is 3.33. The predicted molar refractivity (Wildman–Crippen MR) is 65.9 cm³/mol. The van der Waals surface area contributed by atoms with Crippen LogP contribution in [0.15, 0.2) is 29.2 Å². The van der Waals surface area contributed by atoms with Gasteiger partial charge in [0, 0.05) is 25.2 Å². The van der Waals surface area contributed by atoms with E-state index in [0.29, 0.717) is 11.9 Å². The minimum atomic E-state index is 0.359. The smallest absolute Gasteiger partial charge is 0.227 e. The SMILES string of the molecule is c1cnc2c(c1)CCCC2NCCc1ncno1. The molecule has 5 heteroatoms. The first-order chi connectivity index (χ1) is 8.93. The Morgan fingerprint density at radius 1 is 1.39 bits per heavy atom. The number of nitrogens with one attached hydrogen (secondary N) is 1. The van der Waals surface area contributed by atoms with Crippen molar-refractivity contribution in [2.45, 2.75) is 31.7 Å². The largest absolute Gasteiger partial charge is 0.340 e. The summed E-state index contributed by atoms with van der Waals surface area (Å²) >= 11 is 0. The second-order valence-corrected chi connectivity index (χ2v) is 4.53. The number of aryl methyl sites for hydroxylation is 1. The van der Waals surface area contributed by atoms with E-state index in [4.69, 9.17) is 4.52 Å². The van der Waals surface area contributed by atoms with Gasteiger partial charge in [-0.15, -0.1) is 0 Å². The van der Waals surface area contributed by atoms with Gasteiger partial charge in [0.05, 0.1) is 5.69 Å². The zero-order valence-corrected chi connectivity index (χ0v) is 10.2. The highest BCUT2D eigenvalue weighted by Gasteiger charge is 2.20. The topological polar surface area (TPSA) is 63.8 Å². The summed E-state index contributed by atoms with van der Waals surface area (Å²) in [6.45, 7) is 0.836. The minimum absolute atomic E-state index is 0.359. The third-order valence-corrected chi connectivity index (χ3v) is 3.33. The quantitative estimate of drug-likeness (QED) is 0.886. The fourth-order valence-corrected chi connectivity index (χ4v) is 2.47. The highest BCUT2D eigenvalue weighted by Crippen LogP contribution is 2.27. The van der Waals surface area contributed by atoms with Crippen LogP contribution in [0.4, 0.5) is 0 Å². The van der Waals surface area contributed by atoms with Crippen molar-refractivity contribution < 1.29 is 4.52 Å². The Labute approximate surface area is 106 Å². The molecule has 1 N–H and O–H groups in total. The molecule has 2 aromatic heterocycles. The fraction of sp³-hybridized carbons (Fsp3) is 0.462. The molecule has 18 heavy (non-hydrogen) atoms. The summed E-state index contributed by atoms with van der Waals surface area (Å²) in [7, 11) is 0. The van der Waals surface area contributed by atoms with Crippen molar-refractivity contribution in [2.75, 3.05) is 6.54 Å². The van der Waals surface area contributed by atoms with Crippen LogP contribution in [0.5, 0.6) is 0 Å². The average Bonchev–Trinajstić information content (AvgIpc) is 2.92. The summed E-state index contributed by atoms with van der Waals surface area (Å²) in [4.78, 5) is 8.51. The summed E-state index contributed by atoms with van der Waals surface area (Å²) < 4.78 is 4.98. The number of nitrogens with zero attached hydrogens (tertiary/aromatic N) is 3. The lowest BCUT2D eigenvalue weighted by molar-refractivity contribution is 0.367. The van der Waals surface area contributed by atoms with Crippen LogP contribution in [0.2, 0.25) is 0 Å². The molecule has 0 radical (unpaired) electrons. The van der Waals surface area contributed by atoms with Crippen LogP contribution in [0.25, 0.3) is 0 Å². The lowest BCUT2D eigenvalue weighted by Crippen LogP contribution is -2.28. The Hall–Kier alpha value is -1.75. The predicted octanol–water partition coefficient (Wildman–Crippen LogP) is 1.67. The first-order valence-corrected chi connectivity index (χ1v) is 6.36. The molecule has 1 atom stereocenters. The van der Waals surface area contributed by atoms with E-state index >= 15 is 0 Å². The van der Waals surface area contributed by atoms with Gasteiger partial charge in [-0.25, -0.2) is 0 Å². The Morgan fingerprint density at radius 2 is 2.39 bits per heavy atom. The molecule has 2 aromatic rings. The molecule has 0 spiro atoms. The molecule has 0 bridgehead atoms. The van der Waals surface area contributed by atoms with E-state index in [1.165, 1.54) is 24.0 Å². The van der Waals surface area contributed by atoms with Gasteiger partial charge < -0.3 is 9.84 Å². The van der Waals surface area contributed by atoms with Crippen LogP contribution in [0.1, 0.15) is 36.0 Å². The highest BCUT2D eigenvalue weighted by atomic mass is 16.5. The molecule has 1 unspecified atom stereocenters. The monoisotopic (exact) mass is 244 g/mol. The summed E-state index contributed by atoms with van der Waals surface area (Å²) in [5.41, 5.74) is 2.58. The zero-order chi connectivity index (χ0) is 12.2. The van der Waals surface area contributed by atoms with Gasteiger partial charge in [0.2, 0.25) is 5.89 Å². The molecule has 0 amide bonds. The van der Waals surface area contributed by atoms with Gasteiger partial charge >= 0.3 is 0 Å². The standard InChI is InChI=1S/C13H16N4O/c1-3-10-4-2-7-15-13(10)11(5-1)14-8-6-12-16-9-17-18-12/h2,4,7,9,11,14H,1,3,5-6,8H2. The van der Waals surface area contributed by atoms with E-state index in [1.54, 1.807) is 0 Å². The van der Waals surface area contributed by atoms with Crippen LogP contribution in [0, 0.1) is 0 Å². The van der Waals surface area contributed by atoms with Crippen molar-refractivity contribution in [1.29, 1.82) is 0 Å². The maximum absolute atomic E-state index is 4.98. The van der Waals surface area contributed by atoms with E-state index < -0.39 is 0 Å². The molecule has 0 aromatic carbocycles. The lowest BCUT2D eigenvalue weighted by Gasteiger charge is -2.24. The summed E-state index contributed by atoms with van der Waals surface area (Å²) in [6.07, 6.45) is 7.58. The molecule has 1 aliphatic rings. The van der Waals surface area contributed by atoms with Crippen LogP contribution in [0.3, 0.4) is 0 Å². The summed E-state index contributed by atoms with van der Waals surface area (Å²) in [5.74, 6) is 0.680. The second kappa shape index (κ2) is 5.27. The number of hydrogen-bond acceptors (Lipinski definition) is 5. The van der Waals surface area contributed by atoms with Gasteiger partial charge in [0.15, 0.2) is 6.33 Å². The molecule has 0 aliphatic heterocycles. The van der Waals surface area contributed by atoms with Gasteiger partial charge in [-0.05, 0) is 30.9 Å². The minimum Gasteiger partial charge on any atom is -0.340 e. The van der Waals surface area contributed by atoms with Crippen molar-refractivity contribution in [1.82, 2.24) is 20.4 Å². The number of rotatable bonds is 4. The Bertz CT molecular complexity index is 497. The molecule has 1 aliphatic carbocycles. The van der Waals surface area contributed by atoms with Crippen LogP contribution in [-0.4, -0.2) is 21.7 Å². The average molecular weight is 244 g/mol. The van der Waals surface area contributed by atoms with Gasteiger partial charge in [-0.1, -0.05) is 11.2 Å². The van der Waals surface area contributed by atoms with E-state index in [2.05, 4.69) is 26.5 Å². The summed E-state index contributed by atoms with van der Waals surface area (Å²) in [6, 6.07) is 4.55. The molecule has 94 valence electrons. The molecular formula is C13H16N4O. The maximum Gasteiger partial charge on any atom is 0.227 e. The maximum atomic E-state index is 4.98. The van der Waals surface area contributed by atoms with Gasteiger partial charge in [-0.2, -0.15) is 4.98 Å². The van der Waals surface area contributed by atoms with Gasteiger partial charge in [-0.3, -0.25) is 4.98 Å². The first-order valence-electron chi connectivity index (χ1n) is 6.36. The normalized spacial score (nSPS) is 18.6. The Balaban J connectivity index is 1.60. The van der Waals surface area contributed by atoms with E-state index in [0.717, 1.165) is 25.8 Å². The molecule has 0 fully saturated rings. The molecule has 0 saturated heterocycles. The molecule has 3 rings (SSSR count). The van der Waals surface area contributed by atoms with Crippen molar-refractivity contribution in [3.8, 4) is 0 Å². The van der Waals surface area contributed by atoms with Gasteiger partial charge in [0.25, 0.3) is 0 Å². The lowest BCUT2D eigenvalue weighted by atomic mass is 9.92. The molecular weight excluding hydrogens is 228 g/mol. The zero-order valence-electron chi connectivity index (χ0n) is 10.2. The molecule has 0 saturated carbocycles. The van der Waals surface area contributed by atoms with Crippen molar-refractivity contribution >= 4 is 0 Å².